The molecular formula is C26H26N4O4S. The molecule has 0 fully saturated rings. The zero-order chi connectivity index (χ0) is 25.0. The molecule has 0 unspecified atom stereocenters. The minimum atomic E-state index is -0.556. The first-order valence-electron chi connectivity index (χ1n) is 11.0. The van der Waals surface area contributed by atoms with Crippen molar-refractivity contribution in [2.24, 2.45) is 0 Å². The van der Waals surface area contributed by atoms with Crippen molar-refractivity contribution >= 4 is 28.5 Å². The lowest BCUT2D eigenvalue weighted by Gasteiger charge is -2.13. The number of para-hydroxylation sites is 1. The highest BCUT2D eigenvalue weighted by molar-refractivity contribution is 7.15. The van der Waals surface area contributed by atoms with Gasteiger partial charge in [-0.05, 0) is 48.2 Å². The van der Waals surface area contributed by atoms with Crippen LogP contribution in [0.15, 0.2) is 60.7 Å². The van der Waals surface area contributed by atoms with Gasteiger partial charge in [0.25, 0.3) is 5.91 Å². The topological polar surface area (TPSA) is 106 Å². The van der Waals surface area contributed by atoms with Crippen molar-refractivity contribution in [1.82, 2.24) is 10.2 Å². The maximum Gasteiger partial charge on any atom is 0.268 e. The lowest BCUT2D eigenvalue weighted by Crippen LogP contribution is -2.13. The number of ether oxygens (including phenoxy) is 3. The van der Waals surface area contributed by atoms with E-state index in [2.05, 4.69) is 22.1 Å². The van der Waals surface area contributed by atoms with E-state index >= 15 is 0 Å². The van der Waals surface area contributed by atoms with Gasteiger partial charge in [-0.2, -0.15) is 5.26 Å². The number of rotatable bonds is 12. The van der Waals surface area contributed by atoms with Crippen LogP contribution in [0, 0.1) is 11.3 Å². The Balaban J connectivity index is 1.62. The molecule has 1 heterocycles. The number of hydrogen-bond donors (Lipinski definition) is 1. The van der Waals surface area contributed by atoms with Gasteiger partial charge < -0.3 is 14.2 Å². The van der Waals surface area contributed by atoms with Gasteiger partial charge in [0.05, 0.1) is 7.11 Å². The van der Waals surface area contributed by atoms with Crippen LogP contribution in [0.2, 0.25) is 0 Å². The Hall–Kier alpha value is -4.16. The second-order valence-electron chi connectivity index (χ2n) is 7.19. The second-order valence-corrected chi connectivity index (χ2v) is 8.25. The highest BCUT2D eigenvalue weighted by Crippen LogP contribution is 2.29. The molecule has 0 atom stereocenters. The fraction of sp³-hybridized carbons (Fsp3) is 0.231. The molecule has 0 saturated carbocycles. The number of methoxy groups -OCH3 is 1. The first-order valence-corrected chi connectivity index (χ1v) is 11.8. The van der Waals surface area contributed by atoms with Crippen LogP contribution in [0.5, 0.6) is 17.2 Å². The third-order valence-electron chi connectivity index (χ3n) is 4.79. The Labute approximate surface area is 208 Å². The normalized spacial score (nSPS) is 10.8. The number of aryl methyl sites for hydroxylation is 1. The van der Waals surface area contributed by atoms with Crippen molar-refractivity contribution in [3.8, 4) is 23.3 Å². The summed E-state index contributed by atoms with van der Waals surface area (Å²) in [5.41, 5.74) is 1.60. The summed E-state index contributed by atoms with van der Waals surface area (Å²) in [6, 6.07) is 14.9. The van der Waals surface area contributed by atoms with Gasteiger partial charge >= 0.3 is 0 Å². The van der Waals surface area contributed by atoms with Crippen LogP contribution in [0.3, 0.4) is 0 Å². The van der Waals surface area contributed by atoms with E-state index in [-0.39, 0.29) is 5.57 Å². The fourth-order valence-corrected chi connectivity index (χ4v) is 3.77. The van der Waals surface area contributed by atoms with Gasteiger partial charge in [-0.1, -0.05) is 48.6 Å². The Morgan fingerprint density at radius 2 is 1.91 bits per heavy atom. The van der Waals surface area contributed by atoms with Crippen molar-refractivity contribution in [1.29, 1.82) is 5.26 Å². The van der Waals surface area contributed by atoms with Crippen molar-refractivity contribution in [2.45, 2.75) is 19.8 Å². The van der Waals surface area contributed by atoms with Crippen LogP contribution in [-0.2, 0) is 17.6 Å². The largest absolute Gasteiger partial charge is 0.493 e. The van der Waals surface area contributed by atoms with E-state index in [0.29, 0.717) is 35.4 Å². The van der Waals surface area contributed by atoms with Gasteiger partial charge in [0.1, 0.15) is 35.6 Å². The summed E-state index contributed by atoms with van der Waals surface area (Å²) < 4.78 is 17.1. The molecule has 8 nitrogen and oxygen atoms in total. The maximum absolute atomic E-state index is 12.5. The number of anilines is 1. The SMILES string of the molecule is C=CCc1ccccc1OCCOc1ccc(C=C(C#N)C(=O)Nc2nnc(CC)s2)cc1OC. The van der Waals surface area contributed by atoms with Gasteiger partial charge in [-0.3, -0.25) is 10.1 Å². The van der Waals surface area contributed by atoms with Crippen LogP contribution < -0.4 is 19.5 Å². The van der Waals surface area contributed by atoms with Crippen LogP contribution in [-0.4, -0.2) is 36.4 Å². The molecule has 1 amide bonds. The predicted octanol–water partition coefficient (Wildman–Crippen LogP) is 4.84. The first-order chi connectivity index (χ1) is 17.1. The van der Waals surface area contributed by atoms with Gasteiger partial charge in [0.2, 0.25) is 5.13 Å². The molecule has 2 aromatic carbocycles. The smallest absolute Gasteiger partial charge is 0.268 e. The molecular weight excluding hydrogens is 464 g/mol. The first kappa shape index (κ1) is 25.5. The monoisotopic (exact) mass is 490 g/mol. The van der Waals surface area contributed by atoms with Gasteiger partial charge in [-0.25, -0.2) is 0 Å². The summed E-state index contributed by atoms with van der Waals surface area (Å²) in [5.74, 6) is 1.24. The highest BCUT2D eigenvalue weighted by atomic mass is 32.1. The zero-order valence-electron chi connectivity index (χ0n) is 19.6. The van der Waals surface area contributed by atoms with E-state index in [0.717, 1.165) is 29.2 Å². The molecule has 0 radical (unpaired) electrons. The van der Waals surface area contributed by atoms with E-state index in [4.69, 9.17) is 14.2 Å². The van der Waals surface area contributed by atoms with Crippen LogP contribution in [0.25, 0.3) is 6.08 Å². The van der Waals surface area contributed by atoms with E-state index in [9.17, 15) is 10.1 Å². The summed E-state index contributed by atoms with van der Waals surface area (Å²) in [7, 11) is 1.52. The van der Waals surface area contributed by atoms with Crippen molar-refractivity contribution in [2.75, 3.05) is 25.6 Å². The van der Waals surface area contributed by atoms with Crippen LogP contribution >= 0.6 is 11.3 Å². The fourth-order valence-electron chi connectivity index (χ4n) is 3.09. The molecule has 0 saturated heterocycles. The number of carbonyl (C=O) groups excluding carboxylic acids is 1. The molecule has 1 aromatic heterocycles. The van der Waals surface area contributed by atoms with Gasteiger partial charge in [0.15, 0.2) is 11.5 Å². The molecule has 1 N–H and O–H groups in total. The van der Waals surface area contributed by atoms with E-state index in [1.165, 1.54) is 24.5 Å². The van der Waals surface area contributed by atoms with Gasteiger partial charge in [0, 0.05) is 0 Å². The number of aromatic nitrogens is 2. The molecule has 0 bridgehead atoms. The minimum absolute atomic E-state index is 0.0689. The number of carbonyl (C=O) groups is 1. The Bertz CT molecular complexity index is 1250. The number of nitrogens with one attached hydrogen (secondary N) is 1. The number of nitriles is 1. The van der Waals surface area contributed by atoms with Gasteiger partial charge in [-0.15, -0.1) is 16.8 Å². The summed E-state index contributed by atoms with van der Waals surface area (Å²) in [6.07, 6.45) is 4.75. The van der Waals surface area contributed by atoms with E-state index in [1.54, 1.807) is 18.2 Å². The Morgan fingerprint density at radius 1 is 1.14 bits per heavy atom. The summed E-state index contributed by atoms with van der Waals surface area (Å²) in [5, 5.41) is 21.1. The number of benzene rings is 2. The minimum Gasteiger partial charge on any atom is -0.493 e. The number of allylic oxidation sites excluding steroid dienone is 1. The molecule has 9 heteroatoms. The molecule has 0 spiro atoms. The number of nitrogens with zero attached hydrogens (tertiary/aromatic N) is 3. The third kappa shape index (κ3) is 7.16. The zero-order valence-corrected chi connectivity index (χ0v) is 20.4. The predicted molar refractivity (Wildman–Crippen MR) is 136 cm³/mol. The number of hydrogen-bond acceptors (Lipinski definition) is 8. The second kappa shape index (κ2) is 12.9. The molecule has 35 heavy (non-hydrogen) atoms. The maximum atomic E-state index is 12.5. The molecule has 0 aliphatic rings. The highest BCUT2D eigenvalue weighted by Gasteiger charge is 2.13. The molecule has 3 rings (SSSR count). The average molecular weight is 491 g/mol. The number of amides is 1. The lowest BCUT2D eigenvalue weighted by molar-refractivity contribution is -0.112. The van der Waals surface area contributed by atoms with E-state index < -0.39 is 5.91 Å². The molecule has 0 aliphatic heterocycles. The standard InChI is InChI=1S/C26H26N4O4S/c1-4-8-19-9-6-7-10-21(19)33-13-14-34-22-12-11-18(16-23(22)32-3)15-20(17-27)25(31)28-26-30-29-24(5-2)35-26/h4,6-7,9-12,15-16H,1,5,8,13-14H2,2-3H3,(H,28,30,31). The molecule has 180 valence electrons. The van der Waals surface area contributed by atoms with Crippen molar-refractivity contribution < 1.29 is 19.0 Å². The molecule has 3 aromatic rings. The summed E-state index contributed by atoms with van der Waals surface area (Å²) in [6.45, 7) is 6.38. The van der Waals surface area contributed by atoms with E-state index in [1.807, 2.05) is 43.3 Å². The van der Waals surface area contributed by atoms with Crippen molar-refractivity contribution in [3.63, 3.8) is 0 Å². The quantitative estimate of drug-likeness (QED) is 0.168. The molecule has 0 aliphatic carbocycles. The van der Waals surface area contributed by atoms with Crippen molar-refractivity contribution in [3.05, 3.63) is 76.8 Å². The average Bonchev–Trinajstić information content (AvgIpc) is 3.34. The van der Waals surface area contributed by atoms with Crippen LogP contribution in [0.1, 0.15) is 23.1 Å². The Morgan fingerprint density at radius 3 is 2.60 bits per heavy atom. The third-order valence-corrected chi connectivity index (χ3v) is 5.77. The summed E-state index contributed by atoms with van der Waals surface area (Å²) in [4.78, 5) is 12.5. The lowest BCUT2D eigenvalue weighted by atomic mass is 10.1. The Kier molecular flexibility index (Phi) is 9.39. The summed E-state index contributed by atoms with van der Waals surface area (Å²) >= 11 is 1.27. The van der Waals surface area contributed by atoms with Crippen LogP contribution in [0.4, 0.5) is 5.13 Å².